The maximum atomic E-state index is 12.5. The van der Waals surface area contributed by atoms with Crippen molar-refractivity contribution in [1.82, 2.24) is 4.90 Å². The molecule has 2 aromatic carbocycles. The van der Waals surface area contributed by atoms with Crippen LogP contribution in [-0.4, -0.2) is 29.9 Å². The number of benzene rings is 2. The average molecular weight is 374 g/mol. The van der Waals surface area contributed by atoms with Gasteiger partial charge in [0.15, 0.2) is 5.76 Å². The van der Waals surface area contributed by atoms with E-state index in [1.54, 1.807) is 18.2 Å². The minimum atomic E-state index is -0.167. The first kappa shape index (κ1) is 15.8. The first-order valence-electron chi connectivity index (χ1n) is 7.15. The molecule has 1 aliphatic heterocycles. The fraction of sp³-hybridized carbons (Fsp3) is 0.167. The van der Waals surface area contributed by atoms with Gasteiger partial charge >= 0.3 is 0 Å². The van der Waals surface area contributed by atoms with Crippen molar-refractivity contribution in [3.8, 4) is 11.5 Å². The van der Waals surface area contributed by atoms with E-state index in [1.807, 2.05) is 43.3 Å². The summed E-state index contributed by atoms with van der Waals surface area (Å²) < 4.78 is 6.72. The van der Waals surface area contributed by atoms with Crippen LogP contribution in [0.3, 0.4) is 0 Å². The molecule has 0 saturated heterocycles. The molecule has 5 heteroatoms. The van der Waals surface area contributed by atoms with E-state index in [1.165, 1.54) is 0 Å². The molecule has 118 valence electrons. The highest BCUT2D eigenvalue weighted by Gasteiger charge is 2.31. The molecule has 0 spiro atoms. The molecule has 0 fully saturated rings. The monoisotopic (exact) mass is 373 g/mol. The van der Waals surface area contributed by atoms with Crippen LogP contribution in [-0.2, 0) is 6.54 Å². The van der Waals surface area contributed by atoms with Crippen LogP contribution in [0.2, 0.25) is 0 Å². The smallest absolute Gasteiger partial charge is 0.231 e. The maximum Gasteiger partial charge on any atom is 0.231 e. The topological polar surface area (TPSA) is 49.8 Å². The molecule has 0 aliphatic carbocycles. The third-order valence-electron chi connectivity index (χ3n) is 3.54. The second-order valence-corrected chi connectivity index (χ2v) is 6.59. The normalized spacial score (nSPS) is 15.1. The zero-order valence-electron chi connectivity index (χ0n) is 12.8. The summed E-state index contributed by atoms with van der Waals surface area (Å²) in [5, 5.41) is 10.1. The molecule has 1 heterocycles. The molecule has 2 aromatic rings. The second-order valence-electron chi connectivity index (χ2n) is 5.67. The lowest BCUT2D eigenvalue weighted by Crippen LogP contribution is -2.11. The van der Waals surface area contributed by atoms with Crippen molar-refractivity contribution < 1.29 is 14.6 Å². The number of Topliss-reactive ketones (excluding diaryl/α,β-unsaturated/α-hetero) is 1. The number of carbonyl (C=O) groups is 1. The van der Waals surface area contributed by atoms with Crippen LogP contribution in [0.15, 0.2) is 46.6 Å². The van der Waals surface area contributed by atoms with Crippen molar-refractivity contribution in [2.75, 3.05) is 14.1 Å². The Hall–Kier alpha value is -2.11. The zero-order chi connectivity index (χ0) is 16.6. The van der Waals surface area contributed by atoms with Gasteiger partial charge in [-0.3, -0.25) is 4.79 Å². The Morgan fingerprint density at radius 3 is 2.74 bits per heavy atom. The number of halogens is 1. The third kappa shape index (κ3) is 3.16. The number of carbonyl (C=O) groups excluding carboxylic acids is 1. The van der Waals surface area contributed by atoms with Gasteiger partial charge in [0, 0.05) is 11.0 Å². The number of phenolic OH excluding ortho intramolecular Hbond substituents is 1. The summed E-state index contributed by atoms with van der Waals surface area (Å²) in [6.45, 7) is 0.493. The second kappa shape index (κ2) is 6.18. The lowest BCUT2D eigenvalue weighted by atomic mass is 10.0. The molecule has 0 atom stereocenters. The molecule has 0 bridgehead atoms. The molecule has 0 radical (unpaired) electrons. The van der Waals surface area contributed by atoms with Gasteiger partial charge in [0.05, 0.1) is 11.1 Å². The minimum Gasteiger partial charge on any atom is -0.507 e. The highest BCUT2D eigenvalue weighted by Crippen LogP contribution is 2.39. The number of phenols is 1. The largest absolute Gasteiger partial charge is 0.507 e. The number of nitrogens with zero attached hydrogens (tertiary/aromatic N) is 1. The van der Waals surface area contributed by atoms with Gasteiger partial charge in [-0.2, -0.15) is 0 Å². The van der Waals surface area contributed by atoms with Crippen molar-refractivity contribution >= 4 is 27.8 Å². The Kier molecular flexibility index (Phi) is 4.24. The van der Waals surface area contributed by atoms with Gasteiger partial charge < -0.3 is 14.7 Å². The summed E-state index contributed by atoms with van der Waals surface area (Å²) in [4.78, 5) is 14.5. The van der Waals surface area contributed by atoms with Crippen LogP contribution in [0.4, 0.5) is 0 Å². The lowest BCUT2D eigenvalue weighted by Gasteiger charge is -2.13. The Bertz CT molecular complexity index is 812. The van der Waals surface area contributed by atoms with Gasteiger partial charge in [-0.15, -0.1) is 0 Å². The Morgan fingerprint density at radius 1 is 1.26 bits per heavy atom. The molecule has 0 amide bonds. The fourth-order valence-corrected chi connectivity index (χ4v) is 2.93. The summed E-state index contributed by atoms with van der Waals surface area (Å²) in [7, 11) is 3.79. The van der Waals surface area contributed by atoms with Crippen LogP contribution in [0.1, 0.15) is 21.5 Å². The van der Waals surface area contributed by atoms with Crippen molar-refractivity contribution in [1.29, 1.82) is 0 Å². The first-order valence-corrected chi connectivity index (χ1v) is 7.94. The van der Waals surface area contributed by atoms with Gasteiger partial charge in [-0.1, -0.05) is 28.1 Å². The predicted octanol–water partition coefficient (Wildman–Crippen LogP) is 3.83. The highest BCUT2D eigenvalue weighted by atomic mass is 79.9. The standard InChI is InChI=1S/C18H16BrNO3/c1-20(2)10-14-15(21)7-6-13-17(22)16(23-18(13)14)9-11-4-3-5-12(19)8-11/h3-9,21H,10H2,1-2H3. The predicted molar refractivity (Wildman–Crippen MR) is 92.6 cm³/mol. The summed E-state index contributed by atoms with van der Waals surface area (Å²) in [6.07, 6.45) is 1.71. The van der Waals surface area contributed by atoms with Gasteiger partial charge in [0.25, 0.3) is 0 Å². The molecule has 1 aliphatic rings. The third-order valence-corrected chi connectivity index (χ3v) is 4.03. The van der Waals surface area contributed by atoms with E-state index in [9.17, 15) is 9.90 Å². The average Bonchev–Trinajstić information content (AvgIpc) is 2.79. The van der Waals surface area contributed by atoms with Gasteiger partial charge in [0.1, 0.15) is 11.5 Å². The van der Waals surface area contributed by atoms with Crippen molar-refractivity contribution in [3.63, 3.8) is 0 Å². The van der Waals surface area contributed by atoms with E-state index in [0.717, 1.165) is 10.0 Å². The molecule has 0 unspecified atom stereocenters. The van der Waals surface area contributed by atoms with E-state index in [0.29, 0.717) is 23.4 Å². The van der Waals surface area contributed by atoms with E-state index in [2.05, 4.69) is 15.9 Å². The number of ketones is 1. The Labute approximate surface area is 143 Å². The molecule has 0 saturated carbocycles. The number of hydrogen-bond donors (Lipinski definition) is 1. The van der Waals surface area contributed by atoms with Crippen LogP contribution in [0.25, 0.3) is 6.08 Å². The van der Waals surface area contributed by atoms with E-state index >= 15 is 0 Å². The van der Waals surface area contributed by atoms with E-state index in [-0.39, 0.29) is 17.3 Å². The zero-order valence-corrected chi connectivity index (χ0v) is 14.4. The van der Waals surface area contributed by atoms with Gasteiger partial charge in [-0.05, 0) is 50.0 Å². The number of fused-ring (bicyclic) bond motifs is 1. The minimum absolute atomic E-state index is 0.133. The molecular weight excluding hydrogens is 358 g/mol. The number of allylic oxidation sites excluding steroid dienone is 1. The van der Waals surface area contributed by atoms with E-state index in [4.69, 9.17) is 4.74 Å². The quantitative estimate of drug-likeness (QED) is 0.830. The van der Waals surface area contributed by atoms with Crippen molar-refractivity contribution in [2.45, 2.75) is 6.54 Å². The van der Waals surface area contributed by atoms with Gasteiger partial charge in [-0.25, -0.2) is 0 Å². The number of ether oxygens (including phenoxy) is 1. The summed E-state index contributed by atoms with van der Waals surface area (Å²) in [5.41, 5.74) is 1.98. The fourth-order valence-electron chi connectivity index (χ4n) is 2.51. The first-order chi connectivity index (χ1) is 11.0. The molecule has 1 N–H and O–H groups in total. The molecular formula is C18H16BrNO3. The Balaban J connectivity index is 2.02. The van der Waals surface area contributed by atoms with Crippen molar-refractivity contribution in [2.24, 2.45) is 0 Å². The molecule has 0 aromatic heterocycles. The van der Waals surface area contributed by atoms with Gasteiger partial charge in [0.2, 0.25) is 5.78 Å². The molecule has 3 rings (SSSR count). The number of hydrogen-bond acceptors (Lipinski definition) is 4. The van der Waals surface area contributed by atoms with Crippen LogP contribution in [0, 0.1) is 0 Å². The number of rotatable bonds is 3. The van der Waals surface area contributed by atoms with Crippen LogP contribution < -0.4 is 4.74 Å². The molecule has 23 heavy (non-hydrogen) atoms. The van der Waals surface area contributed by atoms with Crippen molar-refractivity contribution in [3.05, 3.63) is 63.3 Å². The lowest BCUT2D eigenvalue weighted by molar-refractivity contribution is 0.101. The summed E-state index contributed by atoms with van der Waals surface area (Å²) >= 11 is 3.41. The molecule has 4 nitrogen and oxygen atoms in total. The van der Waals surface area contributed by atoms with Crippen LogP contribution in [0.5, 0.6) is 11.5 Å². The summed E-state index contributed by atoms with van der Waals surface area (Å²) in [5.74, 6) is 0.683. The SMILES string of the molecule is CN(C)Cc1c(O)ccc2c1OC(=Cc1cccc(Br)c1)C2=O. The number of aromatic hydroxyl groups is 1. The highest BCUT2D eigenvalue weighted by molar-refractivity contribution is 9.10. The Morgan fingerprint density at radius 2 is 2.04 bits per heavy atom. The summed E-state index contributed by atoms with van der Waals surface area (Å²) in [6, 6.07) is 10.8. The van der Waals surface area contributed by atoms with E-state index < -0.39 is 0 Å². The maximum absolute atomic E-state index is 12.5. The van der Waals surface area contributed by atoms with Crippen LogP contribution >= 0.6 is 15.9 Å².